The Morgan fingerprint density at radius 1 is 1.42 bits per heavy atom. The van der Waals surface area contributed by atoms with Crippen LogP contribution in [0.3, 0.4) is 0 Å². The van der Waals surface area contributed by atoms with Gasteiger partial charge in [0.15, 0.2) is 0 Å². The summed E-state index contributed by atoms with van der Waals surface area (Å²) in [5.74, 6) is 1.25. The molecule has 12 heavy (non-hydrogen) atoms. The van der Waals surface area contributed by atoms with Crippen LogP contribution in [-0.2, 0) is 0 Å². The predicted octanol–water partition coefficient (Wildman–Crippen LogP) is 2.83. The maximum absolute atomic E-state index is 9.76. The summed E-state index contributed by atoms with van der Waals surface area (Å²) in [7, 11) is 0. The fraction of sp³-hybridized carbons (Fsp3) is 1.00. The van der Waals surface area contributed by atoms with Crippen LogP contribution >= 0.6 is 0 Å². The van der Waals surface area contributed by atoms with Crippen LogP contribution in [0.4, 0.5) is 0 Å². The second-order valence-corrected chi connectivity index (χ2v) is 5.19. The van der Waals surface area contributed by atoms with Crippen molar-refractivity contribution in [3.8, 4) is 0 Å². The van der Waals surface area contributed by atoms with Crippen LogP contribution in [0, 0.1) is 17.3 Å². The molecule has 1 aliphatic carbocycles. The summed E-state index contributed by atoms with van der Waals surface area (Å²) in [6.07, 6.45) is 3.31. The van der Waals surface area contributed by atoms with Crippen molar-refractivity contribution in [2.45, 2.75) is 53.1 Å². The Balaban J connectivity index is 2.57. The van der Waals surface area contributed by atoms with Crippen LogP contribution in [0.1, 0.15) is 47.0 Å². The van der Waals surface area contributed by atoms with Gasteiger partial charge in [-0.1, -0.05) is 27.7 Å². The van der Waals surface area contributed by atoms with E-state index >= 15 is 0 Å². The number of aliphatic hydroxyl groups excluding tert-OH is 1. The minimum Gasteiger partial charge on any atom is -0.393 e. The fourth-order valence-corrected chi connectivity index (χ4v) is 2.76. The maximum atomic E-state index is 9.76. The van der Waals surface area contributed by atoms with Crippen molar-refractivity contribution in [2.24, 2.45) is 17.3 Å². The first kappa shape index (κ1) is 10.0. The highest BCUT2D eigenvalue weighted by Gasteiger charge is 2.39. The van der Waals surface area contributed by atoms with Crippen LogP contribution in [0.15, 0.2) is 0 Å². The molecule has 0 aliphatic heterocycles. The Morgan fingerprint density at radius 2 is 2.00 bits per heavy atom. The number of hydrogen-bond acceptors (Lipinski definition) is 1. The van der Waals surface area contributed by atoms with Gasteiger partial charge in [-0.15, -0.1) is 0 Å². The quantitative estimate of drug-likeness (QED) is 0.675. The fourth-order valence-electron chi connectivity index (χ4n) is 2.76. The second kappa shape index (κ2) is 3.37. The monoisotopic (exact) mass is 170 g/mol. The third kappa shape index (κ3) is 2.01. The molecular weight excluding hydrogens is 148 g/mol. The molecule has 1 fully saturated rings. The van der Waals surface area contributed by atoms with Crippen molar-refractivity contribution in [2.75, 3.05) is 0 Å². The van der Waals surface area contributed by atoms with Crippen LogP contribution in [-0.4, -0.2) is 11.2 Å². The van der Waals surface area contributed by atoms with Crippen molar-refractivity contribution in [3.05, 3.63) is 0 Å². The van der Waals surface area contributed by atoms with Crippen LogP contribution in [0.2, 0.25) is 0 Å². The van der Waals surface area contributed by atoms with Crippen LogP contribution < -0.4 is 0 Å². The van der Waals surface area contributed by atoms with E-state index in [4.69, 9.17) is 0 Å². The van der Waals surface area contributed by atoms with Crippen molar-refractivity contribution in [3.63, 3.8) is 0 Å². The zero-order valence-corrected chi connectivity index (χ0v) is 8.80. The lowest BCUT2D eigenvalue weighted by Gasteiger charge is -2.21. The first-order valence-corrected chi connectivity index (χ1v) is 5.14. The molecule has 72 valence electrons. The molecule has 0 aromatic rings. The SMILES string of the molecule is CCC(O)C1CC(C)(C)CC1C. The van der Waals surface area contributed by atoms with Crippen molar-refractivity contribution in [1.82, 2.24) is 0 Å². The van der Waals surface area contributed by atoms with Gasteiger partial charge in [0.2, 0.25) is 0 Å². The summed E-state index contributed by atoms with van der Waals surface area (Å²) < 4.78 is 0. The third-order valence-electron chi connectivity index (χ3n) is 3.31. The third-order valence-corrected chi connectivity index (χ3v) is 3.31. The van der Waals surface area contributed by atoms with Gasteiger partial charge in [-0.25, -0.2) is 0 Å². The Bertz CT molecular complexity index is 151. The Kier molecular flexibility index (Phi) is 2.82. The van der Waals surface area contributed by atoms with Gasteiger partial charge in [0, 0.05) is 0 Å². The van der Waals surface area contributed by atoms with E-state index in [0.717, 1.165) is 6.42 Å². The highest BCUT2D eigenvalue weighted by molar-refractivity contribution is 4.89. The summed E-state index contributed by atoms with van der Waals surface area (Å²) in [5.41, 5.74) is 0.459. The average molecular weight is 170 g/mol. The molecule has 0 bridgehead atoms. The Morgan fingerprint density at radius 3 is 2.33 bits per heavy atom. The van der Waals surface area contributed by atoms with E-state index in [1.165, 1.54) is 12.8 Å². The molecule has 1 rings (SSSR count). The van der Waals surface area contributed by atoms with E-state index in [1.807, 2.05) is 0 Å². The summed E-state index contributed by atoms with van der Waals surface area (Å²) in [6, 6.07) is 0. The number of aliphatic hydroxyl groups is 1. The Hall–Kier alpha value is -0.0400. The molecule has 0 aromatic carbocycles. The lowest BCUT2D eigenvalue weighted by molar-refractivity contribution is 0.0833. The van der Waals surface area contributed by atoms with Gasteiger partial charge in [0.05, 0.1) is 6.10 Å². The molecule has 0 amide bonds. The van der Waals surface area contributed by atoms with E-state index in [1.54, 1.807) is 0 Å². The average Bonchev–Trinajstić information content (AvgIpc) is 2.23. The number of rotatable bonds is 2. The molecule has 0 radical (unpaired) electrons. The molecule has 1 nitrogen and oxygen atoms in total. The predicted molar refractivity (Wildman–Crippen MR) is 52.0 cm³/mol. The molecule has 1 aliphatic rings. The zero-order chi connectivity index (χ0) is 9.35. The highest BCUT2D eigenvalue weighted by Crippen LogP contribution is 2.46. The first-order valence-electron chi connectivity index (χ1n) is 5.14. The van der Waals surface area contributed by atoms with Gasteiger partial charge in [-0.2, -0.15) is 0 Å². The van der Waals surface area contributed by atoms with Gasteiger partial charge in [0.25, 0.3) is 0 Å². The molecule has 0 saturated heterocycles. The topological polar surface area (TPSA) is 20.2 Å². The number of hydrogen-bond donors (Lipinski definition) is 1. The molecule has 1 N–H and O–H groups in total. The molecule has 3 atom stereocenters. The van der Waals surface area contributed by atoms with E-state index in [2.05, 4.69) is 27.7 Å². The smallest absolute Gasteiger partial charge is 0.0568 e. The van der Waals surface area contributed by atoms with Gasteiger partial charge in [-0.05, 0) is 36.5 Å². The molecule has 1 heteroatoms. The summed E-state index contributed by atoms with van der Waals surface area (Å²) in [6.45, 7) is 8.97. The van der Waals surface area contributed by atoms with Gasteiger partial charge < -0.3 is 5.11 Å². The summed E-state index contributed by atoms with van der Waals surface area (Å²) in [5, 5.41) is 9.76. The molecule has 0 aromatic heterocycles. The van der Waals surface area contributed by atoms with Gasteiger partial charge in [-0.3, -0.25) is 0 Å². The van der Waals surface area contributed by atoms with Crippen molar-refractivity contribution >= 4 is 0 Å². The van der Waals surface area contributed by atoms with Crippen molar-refractivity contribution in [1.29, 1.82) is 0 Å². The maximum Gasteiger partial charge on any atom is 0.0568 e. The van der Waals surface area contributed by atoms with E-state index < -0.39 is 0 Å². The summed E-state index contributed by atoms with van der Waals surface area (Å²) in [4.78, 5) is 0. The first-order chi connectivity index (χ1) is 5.46. The van der Waals surface area contributed by atoms with Crippen molar-refractivity contribution < 1.29 is 5.11 Å². The summed E-state index contributed by atoms with van der Waals surface area (Å²) >= 11 is 0. The largest absolute Gasteiger partial charge is 0.393 e. The van der Waals surface area contributed by atoms with E-state index in [-0.39, 0.29) is 6.10 Å². The minimum atomic E-state index is -0.0678. The molecular formula is C11H22O. The highest BCUT2D eigenvalue weighted by atomic mass is 16.3. The minimum absolute atomic E-state index is 0.0678. The lowest BCUT2D eigenvalue weighted by Crippen LogP contribution is -2.21. The molecule has 1 saturated carbocycles. The van der Waals surface area contributed by atoms with Crippen LogP contribution in [0.25, 0.3) is 0 Å². The van der Waals surface area contributed by atoms with Crippen LogP contribution in [0.5, 0.6) is 0 Å². The molecule has 0 spiro atoms. The lowest BCUT2D eigenvalue weighted by atomic mass is 9.88. The standard InChI is InChI=1S/C11H22O/c1-5-10(12)9-7-11(3,4)6-8(9)2/h8-10,12H,5-7H2,1-4H3. The zero-order valence-electron chi connectivity index (χ0n) is 8.80. The van der Waals surface area contributed by atoms with Gasteiger partial charge in [0.1, 0.15) is 0 Å². The van der Waals surface area contributed by atoms with Gasteiger partial charge >= 0.3 is 0 Å². The molecule has 3 unspecified atom stereocenters. The van der Waals surface area contributed by atoms with E-state index in [9.17, 15) is 5.11 Å². The normalized spacial score (nSPS) is 36.8. The second-order valence-electron chi connectivity index (χ2n) is 5.19. The van der Waals surface area contributed by atoms with E-state index in [0.29, 0.717) is 17.3 Å². The molecule has 0 heterocycles. The Labute approximate surface area is 76.2 Å².